The van der Waals surface area contributed by atoms with Gasteiger partial charge < -0.3 is 20.3 Å². The number of aliphatic hydroxyl groups excluding tert-OH is 2. The van der Waals surface area contributed by atoms with E-state index in [9.17, 15) is 19.8 Å². The van der Waals surface area contributed by atoms with Gasteiger partial charge in [-0.25, -0.2) is 0 Å². The smallest absolute Gasteiger partial charge is 0.305 e. The van der Waals surface area contributed by atoms with Crippen molar-refractivity contribution in [1.29, 1.82) is 0 Å². The fourth-order valence-corrected chi connectivity index (χ4v) is 10.4. The van der Waals surface area contributed by atoms with E-state index in [1.54, 1.807) is 0 Å². The first-order valence-electron chi connectivity index (χ1n) is 33.9. The van der Waals surface area contributed by atoms with Crippen LogP contribution in [0.1, 0.15) is 361 Å². The third-order valence-electron chi connectivity index (χ3n) is 15.6. The summed E-state index contributed by atoms with van der Waals surface area (Å²) in [5.74, 6) is -0.0627. The Kier molecular flexibility index (Phi) is 63.5. The Labute approximate surface area is 474 Å². The van der Waals surface area contributed by atoms with Gasteiger partial charge >= 0.3 is 5.97 Å². The number of nitrogens with one attached hydrogen (secondary N) is 1. The van der Waals surface area contributed by atoms with Crippen molar-refractivity contribution in [2.45, 2.75) is 373 Å². The zero-order chi connectivity index (χ0) is 55.0. The molecule has 0 spiro atoms. The van der Waals surface area contributed by atoms with Crippen molar-refractivity contribution in [1.82, 2.24) is 5.32 Å². The fraction of sp³-hybridized carbons (Fsp3) is 0.857. The second-order valence-electron chi connectivity index (χ2n) is 23.2. The van der Waals surface area contributed by atoms with Crippen molar-refractivity contribution in [3.8, 4) is 0 Å². The lowest BCUT2D eigenvalue weighted by atomic mass is 10.0. The summed E-state index contributed by atoms with van der Waals surface area (Å²) in [6.07, 6.45) is 84.2. The van der Waals surface area contributed by atoms with Gasteiger partial charge in [-0.05, 0) is 89.9 Å². The molecule has 0 fully saturated rings. The largest absolute Gasteiger partial charge is 0.466 e. The highest BCUT2D eigenvalue weighted by molar-refractivity contribution is 5.76. The maximum absolute atomic E-state index is 12.5. The first-order valence-corrected chi connectivity index (χ1v) is 33.9. The van der Waals surface area contributed by atoms with Gasteiger partial charge in [0.15, 0.2) is 0 Å². The van der Waals surface area contributed by atoms with Crippen molar-refractivity contribution in [3.63, 3.8) is 0 Å². The number of rotatable bonds is 63. The highest BCUT2D eigenvalue weighted by Crippen LogP contribution is 2.18. The molecule has 0 saturated heterocycles. The minimum absolute atomic E-state index is 0.0207. The molecule has 0 rings (SSSR count). The second-order valence-corrected chi connectivity index (χ2v) is 23.2. The van der Waals surface area contributed by atoms with Crippen molar-refractivity contribution in [2.24, 2.45) is 0 Å². The van der Waals surface area contributed by atoms with Crippen LogP contribution < -0.4 is 5.32 Å². The molecule has 2 atom stereocenters. The quantitative estimate of drug-likeness (QED) is 0.0244. The summed E-state index contributed by atoms with van der Waals surface area (Å²) in [7, 11) is 0. The van der Waals surface area contributed by atoms with Gasteiger partial charge in [-0.2, -0.15) is 0 Å². The van der Waals surface area contributed by atoms with E-state index in [-0.39, 0.29) is 18.5 Å². The second kappa shape index (κ2) is 65.3. The molecule has 1 amide bonds. The molecule has 3 N–H and O–H groups in total. The van der Waals surface area contributed by atoms with Crippen molar-refractivity contribution < 1.29 is 24.5 Å². The predicted molar refractivity (Wildman–Crippen MR) is 333 cm³/mol. The molecule has 0 bridgehead atoms. The summed E-state index contributed by atoms with van der Waals surface area (Å²) in [5, 5.41) is 23.4. The third-order valence-corrected chi connectivity index (χ3v) is 15.6. The number of carbonyl (C=O) groups excluding carboxylic acids is 2. The zero-order valence-electron chi connectivity index (χ0n) is 51.0. The van der Waals surface area contributed by atoms with Gasteiger partial charge in [-0.15, -0.1) is 0 Å². The SMILES string of the molecule is CCCCC/C=C\C/C=C\CCCCCCCCCC(=O)OCCCCC/C=C\C=C/CCCCCCCCCCCCC(=O)NC(CO)C(O)CCCCCCCCCCCCCCCCCCCCCCCCC. The molecule has 0 radical (unpaired) electrons. The molecule has 0 aliphatic heterocycles. The molecule has 0 heterocycles. The van der Waals surface area contributed by atoms with Crippen LogP contribution in [0.25, 0.3) is 0 Å². The van der Waals surface area contributed by atoms with Crippen LogP contribution in [0.15, 0.2) is 48.6 Å². The van der Waals surface area contributed by atoms with Crippen LogP contribution in [0.3, 0.4) is 0 Å². The number of aliphatic hydroxyl groups is 2. The first kappa shape index (κ1) is 73.8. The molecule has 76 heavy (non-hydrogen) atoms. The molecule has 2 unspecified atom stereocenters. The first-order chi connectivity index (χ1) is 37.5. The average Bonchev–Trinajstić information content (AvgIpc) is 3.42. The van der Waals surface area contributed by atoms with E-state index >= 15 is 0 Å². The van der Waals surface area contributed by atoms with Crippen LogP contribution in [0, 0.1) is 0 Å². The van der Waals surface area contributed by atoms with E-state index in [4.69, 9.17) is 4.74 Å². The van der Waals surface area contributed by atoms with Crippen LogP contribution in [-0.4, -0.2) is 47.4 Å². The lowest BCUT2D eigenvalue weighted by Crippen LogP contribution is -2.45. The minimum Gasteiger partial charge on any atom is -0.466 e. The van der Waals surface area contributed by atoms with Crippen LogP contribution in [0.2, 0.25) is 0 Å². The van der Waals surface area contributed by atoms with Gasteiger partial charge in [0.1, 0.15) is 0 Å². The predicted octanol–water partition coefficient (Wildman–Crippen LogP) is 21.7. The Hall–Kier alpha value is -2.18. The molecule has 6 nitrogen and oxygen atoms in total. The minimum atomic E-state index is -0.674. The summed E-state index contributed by atoms with van der Waals surface area (Å²) >= 11 is 0. The summed E-state index contributed by atoms with van der Waals surface area (Å²) < 4.78 is 5.46. The molecule has 0 aromatic heterocycles. The Bertz CT molecular complexity index is 1270. The molecule has 0 aromatic rings. The van der Waals surface area contributed by atoms with E-state index in [1.807, 2.05) is 0 Å². The molecule has 6 heteroatoms. The van der Waals surface area contributed by atoms with Gasteiger partial charge in [-0.1, -0.05) is 306 Å². The van der Waals surface area contributed by atoms with Crippen LogP contribution in [0.5, 0.6) is 0 Å². The Morgan fingerprint density at radius 3 is 1.11 bits per heavy atom. The van der Waals surface area contributed by atoms with E-state index in [0.29, 0.717) is 25.9 Å². The van der Waals surface area contributed by atoms with E-state index in [2.05, 4.69) is 67.8 Å². The molecule has 0 aliphatic rings. The van der Waals surface area contributed by atoms with E-state index in [0.717, 1.165) is 77.0 Å². The molecule has 0 aliphatic carbocycles. The number of allylic oxidation sites excluding steroid dienone is 8. The van der Waals surface area contributed by atoms with Gasteiger partial charge in [0.25, 0.3) is 0 Å². The lowest BCUT2D eigenvalue weighted by Gasteiger charge is -2.22. The maximum Gasteiger partial charge on any atom is 0.305 e. The molecule has 446 valence electrons. The summed E-state index contributed by atoms with van der Waals surface area (Å²) in [4.78, 5) is 24.6. The average molecular weight is 1070 g/mol. The normalized spacial score (nSPS) is 12.8. The Balaban J connectivity index is 3.47. The highest BCUT2D eigenvalue weighted by atomic mass is 16.5. The van der Waals surface area contributed by atoms with E-state index < -0.39 is 12.1 Å². The molecule has 0 aromatic carbocycles. The number of hydrogen-bond acceptors (Lipinski definition) is 5. The number of hydrogen-bond donors (Lipinski definition) is 3. The van der Waals surface area contributed by atoms with E-state index in [1.165, 1.54) is 250 Å². The van der Waals surface area contributed by atoms with Crippen LogP contribution in [-0.2, 0) is 14.3 Å². The van der Waals surface area contributed by atoms with Gasteiger partial charge in [-0.3, -0.25) is 9.59 Å². The number of carbonyl (C=O) groups is 2. The van der Waals surface area contributed by atoms with Gasteiger partial charge in [0.2, 0.25) is 5.91 Å². The Morgan fingerprint density at radius 2 is 0.697 bits per heavy atom. The van der Waals surface area contributed by atoms with Crippen LogP contribution >= 0.6 is 0 Å². The molecular weight excluding hydrogens is 935 g/mol. The van der Waals surface area contributed by atoms with Crippen molar-refractivity contribution in [3.05, 3.63) is 48.6 Å². The molecule has 0 saturated carbocycles. The summed E-state index contributed by atoms with van der Waals surface area (Å²) in [6.45, 7) is 4.91. The summed E-state index contributed by atoms with van der Waals surface area (Å²) in [6, 6.07) is -0.552. The standard InChI is InChI=1S/C70H131NO5/c1-3-5-7-9-11-13-15-17-19-21-22-23-24-25-27-31-34-38-42-46-50-54-58-62-68(73)67(66-72)71-69(74)63-59-55-51-47-43-39-35-32-28-26-29-33-37-41-45-49-53-57-61-65-76-70(75)64-60-56-52-48-44-40-36-30-20-18-16-14-12-10-8-6-4-2/h12,14,18,20,33,37,41,45,67-68,72-73H,3-11,13,15-17,19,21-32,34-36,38-40,42-44,46-66H2,1-2H3,(H,71,74)/b14-12-,20-18-,37-33-,45-41-. The summed E-state index contributed by atoms with van der Waals surface area (Å²) in [5.41, 5.74) is 0. The maximum atomic E-state index is 12.5. The number of ether oxygens (including phenoxy) is 1. The zero-order valence-corrected chi connectivity index (χ0v) is 51.0. The number of esters is 1. The number of amides is 1. The van der Waals surface area contributed by atoms with Crippen LogP contribution in [0.4, 0.5) is 0 Å². The van der Waals surface area contributed by atoms with Gasteiger partial charge in [0.05, 0.1) is 25.4 Å². The van der Waals surface area contributed by atoms with Crippen molar-refractivity contribution >= 4 is 11.9 Å². The van der Waals surface area contributed by atoms with Crippen molar-refractivity contribution in [2.75, 3.05) is 13.2 Å². The number of unbranched alkanes of at least 4 members (excludes halogenated alkanes) is 45. The highest BCUT2D eigenvalue weighted by Gasteiger charge is 2.20. The topological polar surface area (TPSA) is 95.9 Å². The lowest BCUT2D eigenvalue weighted by molar-refractivity contribution is -0.143. The monoisotopic (exact) mass is 1070 g/mol. The third kappa shape index (κ3) is 61.0. The fourth-order valence-electron chi connectivity index (χ4n) is 10.4. The Morgan fingerprint density at radius 1 is 0.382 bits per heavy atom. The van der Waals surface area contributed by atoms with Gasteiger partial charge in [0, 0.05) is 12.8 Å². The molecular formula is C70H131NO5.